The molecule has 5 unspecified atom stereocenters. The molecule has 0 aromatic heterocycles. The van der Waals surface area contributed by atoms with Crippen molar-refractivity contribution in [2.24, 2.45) is 11.8 Å². The summed E-state index contributed by atoms with van der Waals surface area (Å²) in [6.45, 7) is 0.585. The summed E-state index contributed by atoms with van der Waals surface area (Å²) in [5, 5.41) is 12.5. The first-order chi connectivity index (χ1) is 17.1. The first-order valence-corrected chi connectivity index (χ1v) is 12.5. The number of aliphatic hydroxyl groups is 1. The van der Waals surface area contributed by atoms with Gasteiger partial charge in [-0.2, -0.15) is 0 Å². The summed E-state index contributed by atoms with van der Waals surface area (Å²) in [4.78, 5) is 13.3. The van der Waals surface area contributed by atoms with Crippen molar-refractivity contribution in [3.63, 3.8) is 0 Å². The van der Waals surface area contributed by atoms with E-state index in [4.69, 9.17) is 18.9 Å². The number of aliphatic hydroxyl groups excluding tert-OH is 1. The minimum absolute atomic E-state index is 0.00987. The van der Waals surface area contributed by atoms with Crippen molar-refractivity contribution in [3.05, 3.63) is 71.0 Å². The third-order valence-corrected chi connectivity index (χ3v) is 7.80. The first-order valence-electron chi connectivity index (χ1n) is 12.5. The van der Waals surface area contributed by atoms with Crippen LogP contribution in [0.25, 0.3) is 0 Å². The highest BCUT2D eigenvalue weighted by Gasteiger charge is 2.41. The predicted octanol–water partition coefficient (Wildman–Crippen LogP) is 4.14. The molecule has 2 fully saturated rings. The van der Waals surface area contributed by atoms with Gasteiger partial charge in [0.15, 0.2) is 17.3 Å². The van der Waals surface area contributed by atoms with Gasteiger partial charge in [-0.15, -0.1) is 0 Å². The van der Waals surface area contributed by atoms with Gasteiger partial charge in [-0.05, 0) is 66.0 Å². The number of carbonyl (C=O) groups is 1. The normalized spacial score (nSPS) is 28.5. The van der Waals surface area contributed by atoms with Crippen LogP contribution in [0.15, 0.2) is 54.3 Å². The van der Waals surface area contributed by atoms with E-state index in [9.17, 15) is 9.90 Å². The van der Waals surface area contributed by atoms with Crippen molar-refractivity contribution in [2.75, 3.05) is 6.79 Å². The van der Waals surface area contributed by atoms with Crippen LogP contribution in [0.1, 0.15) is 54.7 Å². The van der Waals surface area contributed by atoms with E-state index in [0.29, 0.717) is 24.7 Å². The number of carbonyl (C=O) groups excluding carboxylic acids is 1. The SMILES string of the molecule is O=C(NC1CC2CCC1C2)C1=CC(c2ccc3c(c2)OCO3)CC(OCc2ccc(CO)cc2)O1. The molecule has 5 atom stereocenters. The van der Waals surface area contributed by atoms with E-state index in [1.54, 1.807) is 0 Å². The maximum Gasteiger partial charge on any atom is 0.286 e. The van der Waals surface area contributed by atoms with Crippen LogP contribution in [0.3, 0.4) is 0 Å². The van der Waals surface area contributed by atoms with E-state index < -0.39 is 6.29 Å². The van der Waals surface area contributed by atoms with E-state index in [1.807, 2.05) is 48.5 Å². The number of allylic oxidation sites excluding steroid dienone is 1. The highest BCUT2D eigenvalue weighted by atomic mass is 16.7. The lowest BCUT2D eigenvalue weighted by molar-refractivity contribution is -0.150. The number of fused-ring (bicyclic) bond motifs is 3. The fourth-order valence-corrected chi connectivity index (χ4v) is 5.89. The second-order valence-electron chi connectivity index (χ2n) is 10.1. The minimum atomic E-state index is -0.561. The van der Waals surface area contributed by atoms with Crippen LogP contribution in [0.4, 0.5) is 0 Å². The number of rotatable bonds is 7. The van der Waals surface area contributed by atoms with Crippen molar-refractivity contribution >= 4 is 5.91 Å². The third kappa shape index (κ3) is 4.75. The van der Waals surface area contributed by atoms with Gasteiger partial charge in [-0.3, -0.25) is 4.79 Å². The maximum atomic E-state index is 13.3. The molecule has 2 saturated carbocycles. The minimum Gasteiger partial charge on any atom is -0.459 e. The Kier molecular flexibility index (Phi) is 6.12. The van der Waals surface area contributed by atoms with Crippen LogP contribution in [-0.4, -0.2) is 30.1 Å². The van der Waals surface area contributed by atoms with Crippen molar-refractivity contribution in [3.8, 4) is 11.5 Å². The zero-order chi connectivity index (χ0) is 23.8. The fraction of sp³-hybridized carbons (Fsp3) is 0.464. The highest BCUT2D eigenvalue weighted by Crippen LogP contribution is 2.45. The summed E-state index contributed by atoms with van der Waals surface area (Å²) in [6, 6.07) is 13.8. The summed E-state index contributed by atoms with van der Waals surface area (Å²) in [5.74, 6) is 2.90. The Morgan fingerprint density at radius 3 is 2.60 bits per heavy atom. The summed E-state index contributed by atoms with van der Waals surface area (Å²) in [5.41, 5.74) is 2.87. The maximum absolute atomic E-state index is 13.3. The van der Waals surface area contributed by atoms with Crippen molar-refractivity contribution in [1.82, 2.24) is 5.32 Å². The lowest BCUT2D eigenvalue weighted by Crippen LogP contribution is -2.41. The summed E-state index contributed by atoms with van der Waals surface area (Å²) < 4.78 is 23.2. The predicted molar refractivity (Wildman–Crippen MR) is 127 cm³/mol. The second-order valence-corrected chi connectivity index (χ2v) is 10.1. The average Bonchev–Trinajstić information content (AvgIpc) is 3.64. The summed E-state index contributed by atoms with van der Waals surface area (Å²) >= 11 is 0. The molecule has 0 spiro atoms. The Morgan fingerprint density at radius 2 is 1.83 bits per heavy atom. The molecular weight excluding hydrogens is 446 g/mol. The fourth-order valence-electron chi connectivity index (χ4n) is 5.89. The Bertz CT molecular complexity index is 1110. The molecule has 2 aromatic carbocycles. The van der Waals surface area contributed by atoms with Gasteiger partial charge in [0.2, 0.25) is 13.1 Å². The molecule has 0 saturated heterocycles. The lowest BCUT2D eigenvalue weighted by Gasteiger charge is -2.31. The van der Waals surface area contributed by atoms with Gasteiger partial charge < -0.3 is 29.4 Å². The molecule has 2 N–H and O–H groups in total. The first kappa shape index (κ1) is 22.4. The van der Waals surface area contributed by atoms with Gasteiger partial charge in [0, 0.05) is 18.4 Å². The lowest BCUT2D eigenvalue weighted by atomic mass is 9.92. The van der Waals surface area contributed by atoms with Crippen molar-refractivity contribution in [2.45, 2.75) is 63.6 Å². The van der Waals surface area contributed by atoms with E-state index in [0.717, 1.165) is 40.5 Å². The standard InChI is InChI=1S/C28H31NO6/c30-14-17-1-3-18(4-2-17)15-32-27-13-22(20-7-8-24-25(11-20)34-16-33-24)12-26(35-27)28(31)29-23-10-19-5-6-21(23)9-19/h1-4,7-8,11-12,19,21-23,27,30H,5-6,9-10,13-16H2,(H,29,31). The molecule has 7 nitrogen and oxygen atoms in total. The van der Waals surface area contributed by atoms with Crippen molar-refractivity contribution < 1.29 is 28.8 Å². The number of benzene rings is 2. The van der Waals surface area contributed by atoms with Gasteiger partial charge >= 0.3 is 0 Å². The molecule has 2 aliphatic heterocycles. The van der Waals surface area contributed by atoms with Crippen LogP contribution in [0.5, 0.6) is 11.5 Å². The van der Waals surface area contributed by atoms with Crippen LogP contribution in [0, 0.1) is 11.8 Å². The van der Waals surface area contributed by atoms with Crippen LogP contribution in [0.2, 0.25) is 0 Å². The Hall–Kier alpha value is -3.03. The smallest absolute Gasteiger partial charge is 0.286 e. The van der Waals surface area contributed by atoms with Gasteiger partial charge in [0.05, 0.1) is 13.2 Å². The molecule has 184 valence electrons. The molecule has 6 rings (SSSR count). The van der Waals surface area contributed by atoms with Crippen LogP contribution >= 0.6 is 0 Å². The van der Waals surface area contributed by atoms with Crippen LogP contribution in [-0.2, 0) is 27.5 Å². The molecule has 35 heavy (non-hydrogen) atoms. The van der Waals surface area contributed by atoms with Crippen LogP contribution < -0.4 is 14.8 Å². The van der Waals surface area contributed by atoms with E-state index in [1.165, 1.54) is 19.3 Å². The van der Waals surface area contributed by atoms with E-state index in [-0.39, 0.29) is 31.3 Å². The zero-order valence-electron chi connectivity index (χ0n) is 19.7. The topological polar surface area (TPSA) is 86.3 Å². The highest BCUT2D eigenvalue weighted by molar-refractivity contribution is 5.92. The Morgan fingerprint density at radius 1 is 1.00 bits per heavy atom. The molecule has 2 aliphatic carbocycles. The Balaban J connectivity index is 1.19. The molecular formula is C28H31NO6. The number of amides is 1. The number of ether oxygens (including phenoxy) is 4. The quantitative estimate of drug-likeness (QED) is 0.623. The zero-order valence-corrected chi connectivity index (χ0v) is 19.7. The molecule has 2 aromatic rings. The molecule has 2 heterocycles. The molecule has 2 bridgehead atoms. The molecule has 1 amide bonds. The number of hydrogen-bond donors (Lipinski definition) is 2. The van der Waals surface area contributed by atoms with Crippen molar-refractivity contribution in [1.29, 1.82) is 0 Å². The number of hydrogen-bond acceptors (Lipinski definition) is 6. The van der Waals surface area contributed by atoms with Gasteiger partial charge in [0.1, 0.15) is 0 Å². The second kappa shape index (κ2) is 9.55. The molecule has 7 heteroatoms. The average molecular weight is 478 g/mol. The number of nitrogens with one attached hydrogen (secondary N) is 1. The molecule has 4 aliphatic rings. The third-order valence-electron chi connectivity index (χ3n) is 7.80. The Labute approximate surface area is 205 Å². The summed E-state index contributed by atoms with van der Waals surface area (Å²) in [6.07, 6.45) is 6.72. The summed E-state index contributed by atoms with van der Waals surface area (Å²) in [7, 11) is 0. The largest absolute Gasteiger partial charge is 0.459 e. The monoisotopic (exact) mass is 477 g/mol. The van der Waals surface area contributed by atoms with E-state index >= 15 is 0 Å². The van der Waals surface area contributed by atoms with Gasteiger partial charge in [-0.1, -0.05) is 36.8 Å². The van der Waals surface area contributed by atoms with Gasteiger partial charge in [-0.25, -0.2) is 0 Å². The van der Waals surface area contributed by atoms with E-state index in [2.05, 4.69) is 5.32 Å². The van der Waals surface area contributed by atoms with Gasteiger partial charge in [0.25, 0.3) is 5.91 Å². The molecule has 0 radical (unpaired) electrons.